The molecule has 0 bridgehead atoms. The molecule has 2 heteroatoms. The van der Waals surface area contributed by atoms with Gasteiger partial charge in [0, 0.05) is 0 Å². The lowest BCUT2D eigenvalue weighted by atomic mass is 10.0. The van der Waals surface area contributed by atoms with Gasteiger partial charge >= 0.3 is 0 Å². The van der Waals surface area contributed by atoms with Crippen LogP contribution in [0.3, 0.4) is 0 Å². The number of unbranched alkanes of at least 4 members (excludes halogenated alkanes) is 2. The Kier molecular flexibility index (Phi) is 11.4. The van der Waals surface area contributed by atoms with Crippen LogP contribution in [0, 0.1) is 11.8 Å². The molecule has 0 N–H and O–H groups in total. The molecule has 0 aliphatic carbocycles. The quantitative estimate of drug-likeness (QED) is 0.274. The van der Waals surface area contributed by atoms with E-state index >= 15 is 0 Å². The van der Waals surface area contributed by atoms with E-state index in [4.69, 9.17) is 9.47 Å². The van der Waals surface area contributed by atoms with Gasteiger partial charge in [-0.15, -0.1) is 0 Å². The summed E-state index contributed by atoms with van der Waals surface area (Å²) in [5.74, 6) is 3.57. The fraction of sp³-hybridized carbons (Fsp3) is 0.571. The molecule has 0 fully saturated rings. The Hall–Kier alpha value is -1.96. The minimum absolute atomic E-state index is 0.805. The van der Waals surface area contributed by atoms with Crippen molar-refractivity contribution in [2.45, 2.75) is 79.1 Å². The zero-order chi connectivity index (χ0) is 21.6. The van der Waals surface area contributed by atoms with Gasteiger partial charge in [0.05, 0.1) is 13.2 Å². The van der Waals surface area contributed by atoms with E-state index in [9.17, 15) is 0 Å². The Morgan fingerprint density at radius 3 is 1.27 bits per heavy atom. The average molecular weight is 411 g/mol. The first-order valence-electron chi connectivity index (χ1n) is 12.1. The number of rotatable bonds is 15. The molecular formula is C28H42O2. The van der Waals surface area contributed by atoms with Crippen LogP contribution in [-0.4, -0.2) is 13.2 Å². The van der Waals surface area contributed by atoms with Crippen LogP contribution in [0.5, 0.6) is 11.5 Å². The topological polar surface area (TPSA) is 18.5 Å². The Bertz CT molecular complexity index is 613. The van der Waals surface area contributed by atoms with Gasteiger partial charge in [-0.2, -0.15) is 0 Å². The van der Waals surface area contributed by atoms with Crippen molar-refractivity contribution in [1.82, 2.24) is 0 Å². The lowest BCUT2D eigenvalue weighted by Gasteiger charge is -2.10. The predicted octanol–water partition coefficient (Wildman–Crippen LogP) is 8.54. The minimum Gasteiger partial charge on any atom is -0.494 e. The summed E-state index contributed by atoms with van der Waals surface area (Å²) in [6, 6.07) is 16.9. The molecule has 0 aliphatic heterocycles. The van der Waals surface area contributed by atoms with Gasteiger partial charge in [0.2, 0.25) is 0 Å². The predicted molar refractivity (Wildman–Crippen MR) is 129 cm³/mol. The number of hydrogen-bond donors (Lipinski definition) is 0. The summed E-state index contributed by atoms with van der Waals surface area (Å²) in [6.45, 7) is 10.8. The maximum Gasteiger partial charge on any atom is 0.119 e. The first-order chi connectivity index (χ1) is 14.6. The van der Waals surface area contributed by atoms with Crippen molar-refractivity contribution >= 4 is 0 Å². The molecule has 2 nitrogen and oxygen atoms in total. The molecule has 0 radical (unpaired) electrons. The van der Waals surface area contributed by atoms with Crippen LogP contribution in [0.2, 0.25) is 0 Å². The van der Waals surface area contributed by atoms with Crippen LogP contribution in [0.4, 0.5) is 0 Å². The minimum atomic E-state index is 0.805. The SMILES string of the molecule is CCC(C)CCCCOc1ccc(-c2ccc(OCCCCC(C)CC)cc2)cc1. The van der Waals surface area contributed by atoms with Gasteiger partial charge in [-0.1, -0.05) is 77.6 Å². The van der Waals surface area contributed by atoms with E-state index in [-0.39, 0.29) is 0 Å². The zero-order valence-corrected chi connectivity index (χ0v) is 19.7. The normalized spacial score (nSPS) is 13.1. The van der Waals surface area contributed by atoms with E-state index in [0.29, 0.717) is 0 Å². The molecule has 30 heavy (non-hydrogen) atoms. The number of hydrogen-bond acceptors (Lipinski definition) is 2. The Balaban J connectivity index is 1.70. The largest absolute Gasteiger partial charge is 0.494 e. The molecule has 2 unspecified atom stereocenters. The van der Waals surface area contributed by atoms with Crippen LogP contribution in [0.1, 0.15) is 79.1 Å². The molecule has 2 atom stereocenters. The molecule has 0 aromatic heterocycles. The molecule has 0 saturated heterocycles. The standard InChI is InChI=1S/C28H42O2/c1-5-23(3)11-7-9-21-29-27-17-13-25(14-18-27)26-15-19-28(20-16-26)30-22-10-8-12-24(4)6-2/h13-20,23-24H,5-12,21-22H2,1-4H3. The monoisotopic (exact) mass is 410 g/mol. The van der Waals surface area contributed by atoms with Gasteiger partial charge in [0.25, 0.3) is 0 Å². The van der Waals surface area contributed by atoms with E-state index in [1.54, 1.807) is 0 Å². The van der Waals surface area contributed by atoms with E-state index in [1.807, 2.05) is 0 Å². The molecule has 0 spiro atoms. The lowest BCUT2D eigenvalue weighted by Crippen LogP contribution is -1.99. The van der Waals surface area contributed by atoms with Crippen LogP contribution < -0.4 is 9.47 Å². The van der Waals surface area contributed by atoms with Gasteiger partial charge in [0.15, 0.2) is 0 Å². The fourth-order valence-electron chi connectivity index (χ4n) is 3.47. The third-order valence-electron chi connectivity index (χ3n) is 6.16. The molecule has 2 rings (SSSR count). The van der Waals surface area contributed by atoms with E-state index < -0.39 is 0 Å². The van der Waals surface area contributed by atoms with Gasteiger partial charge in [0.1, 0.15) is 11.5 Å². The average Bonchev–Trinajstić information content (AvgIpc) is 2.79. The summed E-state index contributed by atoms with van der Waals surface area (Å²) in [5, 5.41) is 0. The van der Waals surface area contributed by atoms with Crippen molar-refractivity contribution in [1.29, 1.82) is 0 Å². The van der Waals surface area contributed by atoms with Crippen LogP contribution >= 0.6 is 0 Å². The molecule has 2 aromatic carbocycles. The summed E-state index contributed by atoms with van der Waals surface area (Å²) in [6.07, 6.45) is 9.91. The van der Waals surface area contributed by atoms with Crippen molar-refractivity contribution in [3.05, 3.63) is 48.5 Å². The van der Waals surface area contributed by atoms with Gasteiger partial charge in [-0.3, -0.25) is 0 Å². The molecule has 0 aliphatic rings. The highest BCUT2D eigenvalue weighted by atomic mass is 16.5. The lowest BCUT2D eigenvalue weighted by molar-refractivity contribution is 0.299. The maximum atomic E-state index is 5.90. The molecule has 0 heterocycles. The van der Waals surface area contributed by atoms with Crippen LogP contribution in [0.15, 0.2) is 48.5 Å². The molecule has 0 amide bonds. The second kappa shape index (κ2) is 14.1. The number of benzene rings is 2. The highest BCUT2D eigenvalue weighted by Gasteiger charge is 2.03. The Labute approximate surface area is 185 Å². The van der Waals surface area contributed by atoms with Crippen molar-refractivity contribution < 1.29 is 9.47 Å². The van der Waals surface area contributed by atoms with Crippen molar-refractivity contribution in [2.75, 3.05) is 13.2 Å². The Morgan fingerprint density at radius 1 is 0.567 bits per heavy atom. The highest BCUT2D eigenvalue weighted by molar-refractivity contribution is 5.64. The van der Waals surface area contributed by atoms with Crippen molar-refractivity contribution in [3.8, 4) is 22.6 Å². The van der Waals surface area contributed by atoms with E-state index in [1.165, 1.54) is 49.7 Å². The smallest absolute Gasteiger partial charge is 0.119 e. The fourth-order valence-corrected chi connectivity index (χ4v) is 3.47. The first-order valence-corrected chi connectivity index (χ1v) is 12.1. The van der Waals surface area contributed by atoms with Crippen LogP contribution in [-0.2, 0) is 0 Å². The summed E-state index contributed by atoms with van der Waals surface area (Å²) < 4.78 is 11.8. The zero-order valence-electron chi connectivity index (χ0n) is 19.7. The summed E-state index contributed by atoms with van der Waals surface area (Å²) in [4.78, 5) is 0. The molecule has 2 aromatic rings. The number of ether oxygens (including phenoxy) is 2. The van der Waals surface area contributed by atoms with Crippen molar-refractivity contribution in [3.63, 3.8) is 0 Å². The van der Waals surface area contributed by atoms with Gasteiger partial charge in [-0.05, 0) is 72.9 Å². The third-order valence-corrected chi connectivity index (χ3v) is 6.16. The highest BCUT2D eigenvalue weighted by Crippen LogP contribution is 2.25. The van der Waals surface area contributed by atoms with Crippen molar-refractivity contribution in [2.24, 2.45) is 11.8 Å². The first kappa shape index (κ1) is 24.3. The van der Waals surface area contributed by atoms with E-state index in [2.05, 4.69) is 76.2 Å². The Morgan fingerprint density at radius 2 is 0.933 bits per heavy atom. The van der Waals surface area contributed by atoms with Crippen LogP contribution in [0.25, 0.3) is 11.1 Å². The summed E-state index contributed by atoms with van der Waals surface area (Å²) in [7, 11) is 0. The van der Waals surface area contributed by atoms with Gasteiger partial charge < -0.3 is 9.47 Å². The maximum absolute atomic E-state index is 5.90. The van der Waals surface area contributed by atoms with Gasteiger partial charge in [-0.25, -0.2) is 0 Å². The third kappa shape index (κ3) is 9.24. The summed E-state index contributed by atoms with van der Waals surface area (Å²) >= 11 is 0. The molecule has 0 saturated carbocycles. The molecular weight excluding hydrogens is 368 g/mol. The van der Waals surface area contributed by atoms with E-state index in [0.717, 1.165) is 49.4 Å². The summed E-state index contributed by atoms with van der Waals surface area (Å²) in [5.41, 5.74) is 2.42. The second-order valence-corrected chi connectivity index (χ2v) is 8.76. The second-order valence-electron chi connectivity index (χ2n) is 8.76. The molecule has 166 valence electrons.